The maximum Gasteiger partial charge on any atom is 0.303 e. The van der Waals surface area contributed by atoms with E-state index in [4.69, 9.17) is 5.11 Å². The lowest BCUT2D eigenvalue weighted by molar-refractivity contribution is -0.137. The number of aryl methyl sites for hydroxylation is 1. The van der Waals surface area contributed by atoms with Crippen molar-refractivity contribution in [2.45, 2.75) is 38.8 Å². The highest BCUT2D eigenvalue weighted by Crippen LogP contribution is 2.28. The number of carboxylic acids is 1. The number of likely N-dealkylation sites (tertiary alicyclic amines) is 1. The van der Waals surface area contributed by atoms with Crippen molar-refractivity contribution in [3.8, 4) is 0 Å². The highest BCUT2D eigenvalue weighted by Gasteiger charge is 2.36. The molecule has 0 aliphatic carbocycles. The molecule has 2 saturated heterocycles. The Balaban J connectivity index is 1.68. The summed E-state index contributed by atoms with van der Waals surface area (Å²) in [7, 11) is 2.14. The lowest BCUT2D eigenvalue weighted by atomic mass is 9.86. The molecule has 0 aromatic carbocycles. The number of likely N-dealkylation sites (N-methyl/N-ethyl adjacent to an activating group) is 1. The number of hydrogen-bond acceptors (Lipinski definition) is 5. The molecule has 2 aliphatic heterocycles. The van der Waals surface area contributed by atoms with E-state index in [2.05, 4.69) is 21.9 Å². The number of amides is 1. The molecule has 0 bridgehead atoms. The van der Waals surface area contributed by atoms with Crippen molar-refractivity contribution in [1.82, 2.24) is 24.5 Å². The quantitative estimate of drug-likeness (QED) is 0.791. The summed E-state index contributed by atoms with van der Waals surface area (Å²) in [4.78, 5) is 30.7. The van der Waals surface area contributed by atoms with Crippen molar-refractivity contribution in [1.29, 1.82) is 0 Å². The van der Waals surface area contributed by atoms with Crippen LogP contribution in [0.15, 0.2) is 12.4 Å². The van der Waals surface area contributed by atoms with Gasteiger partial charge in [0.05, 0.1) is 11.8 Å². The summed E-state index contributed by atoms with van der Waals surface area (Å²) < 4.78 is 1.76. The first kappa shape index (κ1) is 19.8. The van der Waals surface area contributed by atoms with E-state index in [0.29, 0.717) is 24.6 Å². The number of nitrogens with zero attached hydrogens (tertiary/aromatic N) is 5. The van der Waals surface area contributed by atoms with E-state index in [9.17, 15) is 9.59 Å². The van der Waals surface area contributed by atoms with Crippen LogP contribution in [0.1, 0.15) is 36.5 Å². The molecule has 1 N–H and O–H groups in total. The number of carbonyl (C=O) groups excluding carboxylic acids is 1. The summed E-state index contributed by atoms with van der Waals surface area (Å²) >= 11 is 0. The van der Waals surface area contributed by atoms with E-state index in [0.717, 1.165) is 45.7 Å². The molecule has 150 valence electrons. The average Bonchev–Trinajstić information content (AvgIpc) is 3.15. The van der Waals surface area contributed by atoms with Gasteiger partial charge in [-0.05, 0) is 32.7 Å². The van der Waals surface area contributed by atoms with Gasteiger partial charge >= 0.3 is 5.97 Å². The molecule has 27 heavy (non-hydrogen) atoms. The third-order valence-electron chi connectivity index (χ3n) is 5.92. The molecule has 2 fully saturated rings. The van der Waals surface area contributed by atoms with Gasteiger partial charge in [0.2, 0.25) is 0 Å². The number of carbonyl (C=O) groups is 2. The van der Waals surface area contributed by atoms with Gasteiger partial charge in [0.1, 0.15) is 0 Å². The van der Waals surface area contributed by atoms with Crippen LogP contribution in [0, 0.1) is 5.92 Å². The van der Waals surface area contributed by atoms with Crippen molar-refractivity contribution in [2.24, 2.45) is 5.92 Å². The summed E-state index contributed by atoms with van der Waals surface area (Å²) in [5.74, 6) is -0.560. The fourth-order valence-corrected chi connectivity index (χ4v) is 4.26. The second-order valence-corrected chi connectivity index (χ2v) is 7.72. The van der Waals surface area contributed by atoms with Crippen LogP contribution in [0.3, 0.4) is 0 Å². The Morgan fingerprint density at radius 2 is 1.96 bits per heavy atom. The van der Waals surface area contributed by atoms with E-state index in [-0.39, 0.29) is 18.2 Å². The van der Waals surface area contributed by atoms with Crippen LogP contribution in [-0.4, -0.2) is 93.8 Å². The van der Waals surface area contributed by atoms with Gasteiger partial charge in [-0.15, -0.1) is 0 Å². The Kier molecular flexibility index (Phi) is 6.49. The minimum atomic E-state index is -0.764. The minimum absolute atomic E-state index is 0.00634. The molecule has 8 nitrogen and oxygen atoms in total. The van der Waals surface area contributed by atoms with Crippen LogP contribution in [-0.2, 0) is 11.3 Å². The van der Waals surface area contributed by atoms with Crippen LogP contribution in [0.2, 0.25) is 0 Å². The third kappa shape index (κ3) is 4.87. The lowest BCUT2D eigenvalue weighted by Crippen LogP contribution is -2.57. The highest BCUT2D eigenvalue weighted by atomic mass is 16.4. The Labute approximate surface area is 160 Å². The molecule has 3 rings (SSSR count). The number of piperidine rings is 1. The number of aliphatic carboxylic acids is 1. The van der Waals surface area contributed by atoms with Crippen molar-refractivity contribution in [3.63, 3.8) is 0 Å². The van der Waals surface area contributed by atoms with Gasteiger partial charge in [0.25, 0.3) is 5.91 Å². The minimum Gasteiger partial charge on any atom is -0.481 e. The monoisotopic (exact) mass is 377 g/mol. The zero-order valence-corrected chi connectivity index (χ0v) is 16.4. The average molecular weight is 377 g/mol. The van der Waals surface area contributed by atoms with Crippen LogP contribution in [0.4, 0.5) is 0 Å². The Bertz CT molecular complexity index is 654. The first-order valence-corrected chi connectivity index (χ1v) is 9.94. The van der Waals surface area contributed by atoms with Gasteiger partial charge < -0.3 is 14.9 Å². The smallest absolute Gasteiger partial charge is 0.303 e. The first-order chi connectivity index (χ1) is 13.0. The second-order valence-electron chi connectivity index (χ2n) is 7.72. The zero-order valence-electron chi connectivity index (χ0n) is 16.4. The summed E-state index contributed by atoms with van der Waals surface area (Å²) in [6.45, 7) is 8.19. The van der Waals surface area contributed by atoms with Crippen LogP contribution in [0.5, 0.6) is 0 Å². The highest BCUT2D eigenvalue weighted by molar-refractivity contribution is 5.93. The molecule has 0 radical (unpaired) electrons. The summed E-state index contributed by atoms with van der Waals surface area (Å²) in [6, 6.07) is 0.362. The normalized spacial score (nSPS) is 24.9. The van der Waals surface area contributed by atoms with Gasteiger partial charge in [0, 0.05) is 64.5 Å². The number of rotatable bonds is 6. The van der Waals surface area contributed by atoms with E-state index >= 15 is 0 Å². The maximum atomic E-state index is 12.9. The lowest BCUT2D eigenvalue weighted by Gasteiger charge is -2.46. The van der Waals surface area contributed by atoms with Crippen molar-refractivity contribution < 1.29 is 14.7 Å². The number of aromatic nitrogens is 2. The number of hydrogen-bond donors (Lipinski definition) is 1. The SMILES string of the molecule is CCn1cc(C(=O)N2CC[C@H](N3CCN(C)CC3)[C@H](CCC(=O)O)C2)cn1. The van der Waals surface area contributed by atoms with Crippen LogP contribution < -0.4 is 0 Å². The third-order valence-corrected chi connectivity index (χ3v) is 5.92. The molecule has 0 unspecified atom stereocenters. The molecule has 8 heteroatoms. The second kappa shape index (κ2) is 8.84. The number of carboxylic acid groups (broad SMARTS) is 1. The molecule has 0 spiro atoms. The molecule has 3 heterocycles. The van der Waals surface area contributed by atoms with Gasteiger partial charge in [-0.3, -0.25) is 19.2 Å². The predicted molar refractivity (Wildman–Crippen MR) is 102 cm³/mol. The van der Waals surface area contributed by atoms with E-state index in [1.165, 1.54) is 0 Å². The molecular formula is C19H31N5O3. The number of piperazine rings is 1. The summed E-state index contributed by atoms with van der Waals surface area (Å²) in [5, 5.41) is 13.3. The van der Waals surface area contributed by atoms with Crippen LogP contribution >= 0.6 is 0 Å². The van der Waals surface area contributed by atoms with Crippen molar-refractivity contribution >= 4 is 11.9 Å². The molecular weight excluding hydrogens is 346 g/mol. The topological polar surface area (TPSA) is 81.9 Å². The fourth-order valence-electron chi connectivity index (χ4n) is 4.26. The first-order valence-electron chi connectivity index (χ1n) is 9.94. The zero-order chi connectivity index (χ0) is 19.4. The van der Waals surface area contributed by atoms with Crippen molar-refractivity contribution in [3.05, 3.63) is 18.0 Å². The Morgan fingerprint density at radius 1 is 1.22 bits per heavy atom. The molecule has 1 aromatic heterocycles. The maximum absolute atomic E-state index is 12.9. The largest absolute Gasteiger partial charge is 0.481 e. The van der Waals surface area contributed by atoms with Crippen LogP contribution in [0.25, 0.3) is 0 Å². The van der Waals surface area contributed by atoms with Gasteiger partial charge in [0.15, 0.2) is 0 Å². The van der Waals surface area contributed by atoms with Crippen molar-refractivity contribution in [2.75, 3.05) is 46.3 Å². The summed E-state index contributed by atoms with van der Waals surface area (Å²) in [6.07, 6.45) is 5.10. The van der Waals surface area contributed by atoms with E-state index in [1.807, 2.05) is 11.8 Å². The molecule has 1 amide bonds. The Morgan fingerprint density at radius 3 is 2.59 bits per heavy atom. The molecule has 2 atom stereocenters. The predicted octanol–water partition coefficient (Wildman–Crippen LogP) is 0.846. The van der Waals surface area contributed by atoms with Gasteiger partial charge in [-0.25, -0.2) is 0 Å². The van der Waals surface area contributed by atoms with E-state index in [1.54, 1.807) is 17.1 Å². The van der Waals surface area contributed by atoms with Gasteiger partial charge in [-0.2, -0.15) is 5.10 Å². The standard InChI is InChI=1S/C19H31N5O3/c1-3-24-14-16(12-20-24)19(27)23-7-6-17(15(13-23)4-5-18(25)26)22-10-8-21(2)9-11-22/h12,14-15,17H,3-11,13H2,1-2H3,(H,25,26)/t15-,17+/m1/s1. The molecule has 0 saturated carbocycles. The fraction of sp³-hybridized carbons (Fsp3) is 0.737. The summed E-state index contributed by atoms with van der Waals surface area (Å²) in [5.41, 5.74) is 0.617. The van der Waals surface area contributed by atoms with Gasteiger partial charge in [-0.1, -0.05) is 0 Å². The molecule has 1 aromatic rings. The Hall–Kier alpha value is -1.93. The molecule has 2 aliphatic rings. The van der Waals surface area contributed by atoms with E-state index < -0.39 is 5.97 Å².